The number of hydrogen-bond donors (Lipinski definition) is 0. The molecule has 0 nitrogen and oxygen atoms in total. The van der Waals surface area contributed by atoms with Crippen molar-refractivity contribution in [2.45, 2.75) is 59.0 Å². The minimum Gasteiger partial charge on any atom is -1.00 e. The summed E-state index contributed by atoms with van der Waals surface area (Å²) >= 11 is -0.719. The summed E-state index contributed by atoms with van der Waals surface area (Å²) in [5.74, 6) is 0. The molecule has 3 heteroatoms. The summed E-state index contributed by atoms with van der Waals surface area (Å²) < 4.78 is 2.53. The summed E-state index contributed by atoms with van der Waals surface area (Å²) in [7, 11) is 0. The van der Waals surface area contributed by atoms with Crippen molar-refractivity contribution in [1.82, 2.24) is 0 Å². The first-order valence-electron chi connectivity index (χ1n) is 8.60. The molecule has 0 aromatic heterocycles. The smallest absolute Gasteiger partial charge is 1.00 e. The van der Waals surface area contributed by atoms with Gasteiger partial charge in [0.1, 0.15) is 0 Å². The average Bonchev–Trinajstić information content (AvgIpc) is 2.89. The normalized spacial score (nSPS) is 20.6. The third-order valence-electron chi connectivity index (χ3n) is 6.19. The fraction of sp³-hybridized carbons (Fsp3) is 0.455. The zero-order valence-corrected chi connectivity index (χ0v) is 22.2. The van der Waals surface area contributed by atoms with Crippen LogP contribution >= 0.6 is 0 Å². The zero-order chi connectivity index (χ0) is 17.1. The average molecular weight is 543 g/mol. The van der Waals surface area contributed by atoms with E-state index >= 15 is 0 Å². The molecule has 1 aromatic rings. The van der Waals surface area contributed by atoms with E-state index in [1.165, 1.54) is 16.7 Å². The minimum absolute atomic E-state index is 0. The summed E-state index contributed by atoms with van der Waals surface area (Å²) in [6, 6.07) is 4.61. The number of hydrogen-bond acceptors (Lipinski definition) is 0. The molecule has 0 fully saturated rings. The van der Waals surface area contributed by atoms with E-state index in [1.54, 1.807) is 27.9 Å². The first kappa shape index (κ1) is 23.3. The van der Waals surface area contributed by atoms with E-state index in [-0.39, 0.29) is 39.4 Å². The minimum atomic E-state index is -0.719. The Hall–Kier alpha value is 0.283. The molecule has 1 aromatic carbocycles. The van der Waals surface area contributed by atoms with Crippen molar-refractivity contribution in [2.24, 2.45) is 5.41 Å². The quantitative estimate of drug-likeness (QED) is 0.510. The van der Waals surface area contributed by atoms with Gasteiger partial charge in [-0.25, -0.2) is 0 Å². The molecule has 0 spiro atoms. The van der Waals surface area contributed by atoms with Crippen molar-refractivity contribution in [2.75, 3.05) is 0 Å². The summed E-state index contributed by atoms with van der Waals surface area (Å²) in [5.41, 5.74) is 12.7. The zero-order valence-electron chi connectivity index (χ0n) is 16.6. The molecule has 0 radical (unpaired) electrons. The van der Waals surface area contributed by atoms with Gasteiger partial charge < -0.3 is 34.0 Å². The van der Waals surface area contributed by atoms with Crippen LogP contribution < -0.4 is 34.0 Å². The van der Waals surface area contributed by atoms with Crippen LogP contribution in [-0.2, 0) is 23.2 Å². The molecule has 134 valence electrons. The summed E-state index contributed by atoms with van der Waals surface area (Å²) in [4.78, 5) is 0. The van der Waals surface area contributed by atoms with Crippen LogP contribution in [0, 0.1) is 19.3 Å². The summed E-state index contributed by atoms with van der Waals surface area (Å²) in [5, 5.41) is 0. The van der Waals surface area contributed by atoms with Crippen molar-refractivity contribution < 1.29 is 57.2 Å². The van der Waals surface area contributed by atoms with Crippen LogP contribution in [0.3, 0.4) is 0 Å². The number of rotatable bonds is 2. The molecule has 0 saturated carbocycles. The molecule has 0 saturated heterocycles. The maximum Gasteiger partial charge on any atom is -1.00 e. The predicted octanol–water partition coefficient (Wildman–Crippen LogP) is 0.502. The largest absolute Gasteiger partial charge is 1.00 e. The van der Waals surface area contributed by atoms with Gasteiger partial charge in [-0.3, -0.25) is 0 Å². The van der Waals surface area contributed by atoms with Gasteiger partial charge in [0, 0.05) is 0 Å². The number of aryl methyl sites for hydroxylation is 2. The van der Waals surface area contributed by atoms with Crippen LogP contribution in [0.1, 0.15) is 67.4 Å². The second kappa shape index (κ2) is 8.11. The van der Waals surface area contributed by atoms with E-state index in [9.17, 15) is 0 Å². The van der Waals surface area contributed by atoms with Gasteiger partial charge in [-0.15, -0.1) is 0 Å². The Bertz CT molecular complexity index is 794. The predicted molar refractivity (Wildman–Crippen MR) is 97.2 cm³/mol. The Morgan fingerprint density at radius 1 is 0.840 bits per heavy atom. The molecule has 0 N–H and O–H groups in total. The fourth-order valence-electron chi connectivity index (χ4n) is 4.18. The molecule has 2 aliphatic rings. The third kappa shape index (κ3) is 3.67. The topological polar surface area (TPSA) is 0 Å². The van der Waals surface area contributed by atoms with Crippen LogP contribution in [0.5, 0.6) is 0 Å². The van der Waals surface area contributed by atoms with Gasteiger partial charge in [0.25, 0.3) is 0 Å². The van der Waals surface area contributed by atoms with Gasteiger partial charge in [-0.1, -0.05) is 0 Å². The Labute approximate surface area is 186 Å². The van der Waals surface area contributed by atoms with Crippen LogP contribution in [0.15, 0.2) is 37.7 Å². The molecule has 0 aliphatic heterocycles. The maximum absolute atomic E-state index is 2.47. The molecule has 25 heavy (non-hydrogen) atoms. The molecule has 1 unspecified atom stereocenters. The van der Waals surface area contributed by atoms with E-state index in [0.29, 0.717) is 0 Å². The molecule has 3 rings (SSSR count). The molecular weight excluding hydrogens is 515 g/mol. The van der Waals surface area contributed by atoms with Gasteiger partial charge in [0.2, 0.25) is 0 Å². The third-order valence-corrected chi connectivity index (χ3v) is 11.9. The summed E-state index contributed by atoms with van der Waals surface area (Å²) in [6.07, 6.45) is 2.47. The molecule has 0 amide bonds. The molecule has 0 bridgehead atoms. The van der Waals surface area contributed by atoms with Gasteiger partial charge in [0.15, 0.2) is 0 Å². The SMILES string of the molecule is CC1=Cc2c(C)ccc(C)c2[CH]1[Zr+2][C]1=C(C)C(C)=C(C)C1(C)C.[Br-].[Br-]. The van der Waals surface area contributed by atoms with Crippen molar-refractivity contribution in [3.63, 3.8) is 0 Å². The Balaban J connectivity index is 0.00000156. The van der Waals surface area contributed by atoms with Crippen LogP contribution in [-0.4, -0.2) is 0 Å². The van der Waals surface area contributed by atoms with E-state index in [2.05, 4.69) is 73.6 Å². The van der Waals surface area contributed by atoms with Crippen LogP contribution in [0.4, 0.5) is 0 Å². The Kier molecular flexibility index (Phi) is 7.57. The molecule has 0 heterocycles. The Morgan fingerprint density at radius 3 is 1.92 bits per heavy atom. The van der Waals surface area contributed by atoms with Gasteiger partial charge in [-0.2, -0.15) is 0 Å². The standard InChI is InChI=1S/C12H13.C10H15.2BrH.Zr/c1-8-6-11-9(2)4-5-10(3)12(11)7-8;1-7-6-10(4,5)9(3)8(7)2;;;/h4-7H,1-3H3;1-5H3;2*1H;/q;;;;+2/p-2. The summed E-state index contributed by atoms with van der Waals surface area (Å²) in [6.45, 7) is 18.8. The molecule has 2 aliphatic carbocycles. The fourth-order valence-corrected chi connectivity index (χ4v) is 9.29. The van der Waals surface area contributed by atoms with E-state index in [0.717, 1.165) is 3.63 Å². The molecular formula is C22H28Br2Zr. The number of halogens is 2. The second-order valence-corrected chi connectivity index (χ2v) is 11.2. The monoisotopic (exact) mass is 540 g/mol. The number of allylic oxidation sites excluding steroid dienone is 5. The van der Waals surface area contributed by atoms with E-state index in [1.807, 2.05) is 3.28 Å². The van der Waals surface area contributed by atoms with Crippen molar-refractivity contribution in [3.05, 3.63) is 60.0 Å². The number of fused-ring (bicyclic) bond motifs is 1. The van der Waals surface area contributed by atoms with Crippen LogP contribution in [0.2, 0.25) is 0 Å². The Morgan fingerprint density at radius 2 is 1.40 bits per heavy atom. The first-order valence-corrected chi connectivity index (χ1v) is 11.3. The van der Waals surface area contributed by atoms with Crippen LogP contribution in [0.25, 0.3) is 6.08 Å². The first-order chi connectivity index (χ1) is 10.7. The van der Waals surface area contributed by atoms with E-state index in [4.69, 9.17) is 0 Å². The van der Waals surface area contributed by atoms with Gasteiger partial charge in [0.05, 0.1) is 0 Å². The van der Waals surface area contributed by atoms with Crippen molar-refractivity contribution in [1.29, 1.82) is 0 Å². The van der Waals surface area contributed by atoms with Crippen molar-refractivity contribution in [3.8, 4) is 0 Å². The van der Waals surface area contributed by atoms with Crippen molar-refractivity contribution >= 4 is 6.08 Å². The van der Waals surface area contributed by atoms with Gasteiger partial charge >= 0.3 is 154 Å². The van der Waals surface area contributed by atoms with E-state index < -0.39 is 23.2 Å². The number of benzene rings is 1. The van der Waals surface area contributed by atoms with Gasteiger partial charge in [-0.05, 0) is 0 Å². The molecule has 1 atom stereocenters. The second-order valence-electron chi connectivity index (χ2n) is 7.87. The maximum atomic E-state index is 2.47.